The zero-order chi connectivity index (χ0) is 15.8. The molecular weight excluding hydrogens is 288 g/mol. The van der Waals surface area contributed by atoms with Crippen LogP contribution in [0.3, 0.4) is 0 Å². The Morgan fingerprint density at radius 2 is 2.05 bits per heavy atom. The number of anilines is 1. The summed E-state index contributed by atoms with van der Waals surface area (Å²) in [7, 11) is -1.05. The zero-order valence-corrected chi connectivity index (χ0v) is 13.9. The first-order valence-corrected chi connectivity index (χ1v) is 9.00. The van der Waals surface area contributed by atoms with Crippen LogP contribution in [0.1, 0.15) is 38.4 Å². The van der Waals surface area contributed by atoms with Crippen molar-refractivity contribution >= 4 is 15.7 Å². The molecule has 1 aliphatic rings. The summed E-state index contributed by atoms with van der Waals surface area (Å²) in [6.07, 6.45) is 0.634. The van der Waals surface area contributed by atoms with Gasteiger partial charge in [0.25, 0.3) is 0 Å². The van der Waals surface area contributed by atoms with Gasteiger partial charge in [-0.15, -0.1) is 0 Å². The minimum Gasteiger partial charge on any atom is -0.392 e. The molecule has 21 heavy (non-hydrogen) atoms. The lowest BCUT2D eigenvalue weighted by Crippen LogP contribution is -2.33. The summed E-state index contributed by atoms with van der Waals surface area (Å²) in [4.78, 5) is 6.59. The maximum atomic E-state index is 11.6. The molecule has 1 aliphatic heterocycles. The Balaban J connectivity index is 2.35. The van der Waals surface area contributed by atoms with Crippen LogP contribution >= 0.6 is 0 Å². The Hall–Kier alpha value is -1.14. The molecule has 0 saturated carbocycles. The number of sulfone groups is 1. The minimum atomic E-state index is -2.92. The van der Waals surface area contributed by atoms with Crippen molar-refractivity contribution in [3.63, 3.8) is 0 Å². The summed E-state index contributed by atoms with van der Waals surface area (Å²) >= 11 is 0. The van der Waals surface area contributed by atoms with Crippen molar-refractivity contribution in [2.24, 2.45) is 0 Å². The number of pyridine rings is 1. The number of nitrogens with zero attached hydrogens (tertiary/aromatic N) is 2. The maximum absolute atomic E-state index is 11.6. The van der Waals surface area contributed by atoms with Gasteiger partial charge in [-0.2, -0.15) is 0 Å². The lowest BCUT2D eigenvalue weighted by molar-refractivity contribution is 0.281. The number of hydrogen-bond donors (Lipinski definition) is 1. The van der Waals surface area contributed by atoms with E-state index >= 15 is 0 Å². The van der Waals surface area contributed by atoms with Gasteiger partial charge in [0.2, 0.25) is 0 Å². The molecule has 2 heterocycles. The molecule has 0 bridgehead atoms. The quantitative estimate of drug-likeness (QED) is 0.916. The summed E-state index contributed by atoms with van der Waals surface area (Å²) in [5.74, 6) is 1.15. The molecule has 1 aromatic heterocycles. The average Bonchev–Trinajstić information content (AvgIpc) is 2.76. The average molecular weight is 312 g/mol. The number of aliphatic hydroxyl groups is 1. The van der Waals surface area contributed by atoms with E-state index in [9.17, 15) is 13.5 Å². The maximum Gasteiger partial charge on any atom is 0.152 e. The second-order valence-electron chi connectivity index (χ2n) is 6.79. The van der Waals surface area contributed by atoms with Crippen molar-refractivity contribution in [3.05, 3.63) is 23.4 Å². The van der Waals surface area contributed by atoms with Gasteiger partial charge in [0.15, 0.2) is 9.84 Å². The predicted octanol–water partition coefficient (Wildman–Crippen LogP) is 1.49. The second-order valence-corrected chi connectivity index (χ2v) is 9.02. The number of rotatable bonds is 3. The lowest BCUT2D eigenvalue weighted by Gasteiger charge is -2.27. The molecule has 118 valence electrons. The summed E-state index contributed by atoms with van der Waals surface area (Å²) < 4.78 is 23.3. The summed E-state index contributed by atoms with van der Waals surface area (Å²) in [5, 5.41) is 9.44. The van der Waals surface area contributed by atoms with Crippen LogP contribution in [0.5, 0.6) is 0 Å². The predicted molar refractivity (Wildman–Crippen MR) is 84.3 cm³/mol. The minimum absolute atomic E-state index is 0.0377. The van der Waals surface area contributed by atoms with Crippen molar-refractivity contribution < 1.29 is 13.5 Å². The Bertz CT molecular complexity index is 620. The summed E-state index contributed by atoms with van der Waals surface area (Å²) in [6.45, 7) is 6.16. The highest BCUT2D eigenvalue weighted by atomic mass is 32.2. The van der Waals surface area contributed by atoms with Crippen molar-refractivity contribution in [1.29, 1.82) is 0 Å². The van der Waals surface area contributed by atoms with Crippen molar-refractivity contribution in [2.45, 2.75) is 45.3 Å². The molecule has 0 aliphatic carbocycles. The van der Waals surface area contributed by atoms with Gasteiger partial charge in [-0.3, -0.25) is 0 Å². The molecular formula is C15H24N2O3S. The molecule has 5 nitrogen and oxygen atoms in total. The van der Waals surface area contributed by atoms with E-state index in [1.165, 1.54) is 0 Å². The van der Waals surface area contributed by atoms with Crippen molar-refractivity contribution in [3.8, 4) is 0 Å². The molecule has 1 atom stereocenters. The van der Waals surface area contributed by atoms with Gasteiger partial charge in [-0.25, -0.2) is 13.4 Å². The Labute approximate surface area is 126 Å². The molecule has 6 heteroatoms. The molecule has 1 N–H and O–H groups in total. The van der Waals surface area contributed by atoms with E-state index in [4.69, 9.17) is 0 Å². The smallest absolute Gasteiger partial charge is 0.152 e. The fourth-order valence-electron chi connectivity index (χ4n) is 2.50. The van der Waals surface area contributed by atoms with Gasteiger partial charge in [-0.1, -0.05) is 20.8 Å². The molecule has 0 radical (unpaired) electrons. The van der Waals surface area contributed by atoms with Gasteiger partial charge in [0.1, 0.15) is 5.82 Å². The van der Waals surface area contributed by atoms with E-state index in [2.05, 4.69) is 25.8 Å². The Morgan fingerprint density at radius 3 is 2.52 bits per heavy atom. The lowest BCUT2D eigenvalue weighted by atomic mass is 9.91. The van der Waals surface area contributed by atoms with Gasteiger partial charge < -0.3 is 10.0 Å². The fraction of sp³-hybridized carbons (Fsp3) is 0.667. The fourth-order valence-corrected chi connectivity index (χ4v) is 4.27. The van der Waals surface area contributed by atoms with Crippen LogP contribution in [0.25, 0.3) is 0 Å². The van der Waals surface area contributed by atoms with E-state index in [1.54, 1.807) is 0 Å². The standard InChI is InChI=1S/C15H24N2O3S/c1-15(2,3)13-7-11(9-18)8-14(16-13)17(4)12-5-6-21(19,20)10-12/h7-8,12,18H,5-6,9-10H2,1-4H3. The summed E-state index contributed by atoms with van der Waals surface area (Å²) in [5.41, 5.74) is 1.58. The van der Waals surface area contributed by atoms with Crippen molar-refractivity contribution in [1.82, 2.24) is 4.98 Å². The topological polar surface area (TPSA) is 70.5 Å². The van der Waals surface area contributed by atoms with Crippen LogP contribution in [-0.2, 0) is 21.9 Å². The van der Waals surface area contributed by atoms with E-state index in [1.807, 2.05) is 24.1 Å². The third-order valence-electron chi connectivity index (χ3n) is 3.94. The van der Waals surface area contributed by atoms with E-state index in [0.29, 0.717) is 6.42 Å². The van der Waals surface area contributed by atoms with Crippen LogP contribution in [0.2, 0.25) is 0 Å². The largest absolute Gasteiger partial charge is 0.392 e. The molecule has 1 saturated heterocycles. The third kappa shape index (κ3) is 3.74. The van der Waals surface area contributed by atoms with Gasteiger partial charge >= 0.3 is 0 Å². The van der Waals surface area contributed by atoms with Crippen LogP contribution in [-0.4, -0.2) is 43.1 Å². The van der Waals surface area contributed by atoms with E-state index in [-0.39, 0.29) is 29.6 Å². The number of aromatic nitrogens is 1. The Kier molecular flexibility index (Phi) is 4.31. The van der Waals surface area contributed by atoms with Crippen LogP contribution in [0.15, 0.2) is 12.1 Å². The third-order valence-corrected chi connectivity index (χ3v) is 5.69. The number of aliphatic hydroxyl groups excluding tert-OH is 1. The second kappa shape index (κ2) is 5.57. The monoisotopic (exact) mass is 312 g/mol. The number of hydrogen-bond acceptors (Lipinski definition) is 5. The normalized spacial score (nSPS) is 21.5. The molecule has 2 rings (SSSR count). The van der Waals surface area contributed by atoms with Gasteiger partial charge in [0, 0.05) is 24.2 Å². The molecule has 0 aromatic carbocycles. The van der Waals surface area contributed by atoms with Crippen LogP contribution in [0.4, 0.5) is 5.82 Å². The molecule has 0 amide bonds. The van der Waals surface area contributed by atoms with E-state index < -0.39 is 9.84 Å². The highest BCUT2D eigenvalue weighted by molar-refractivity contribution is 7.91. The first-order chi connectivity index (χ1) is 9.62. The molecule has 1 fully saturated rings. The zero-order valence-electron chi connectivity index (χ0n) is 13.1. The SMILES string of the molecule is CN(c1cc(CO)cc(C(C)(C)C)n1)C1CCS(=O)(=O)C1. The summed E-state index contributed by atoms with van der Waals surface area (Å²) in [6, 6.07) is 3.70. The molecule has 1 unspecified atom stereocenters. The van der Waals surface area contributed by atoms with Crippen molar-refractivity contribution in [2.75, 3.05) is 23.5 Å². The first-order valence-electron chi connectivity index (χ1n) is 7.18. The highest BCUT2D eigenvalue weighted by Gasteiger charge is 2.31. The van der Waals surface area contributed by atoms with Gasteiger partial charge in [0.05, 0.1) is 18.1 Å². The molecule has 0 spiro atoms. The van der Waals surface area contributed by atoms with Gasteiger partial charge in [-0.05, 0) is 24.1 Å². The van der Waals surface area contributed by atoms with E-state index in [0.717, 1.165) is 17.1 Å². The molecule has 1 aromatic rings. The van der Waals surface area contributed by atoms with Crippen LogP contribution in [0, 0.1) is 0 Å². The first kappa shape index (κ1) is 16.2. The van der Waals surface area contributed by atoms with Crippen LogP contribution < -0.4 is 4.90 Å². The Morgan fingerprint density at radius 1 is 1.38 bits per heavy atom. The highest BCUT2D eigenvalue weighted by Crippen LogP contribution is 2.27.